The van der Waals surface area contributed by atoms with Crippen LogP contribution in [0.25, 0.3) is 11.1 Å². The summed E-state index contributed by atoms with van der Waals surface area (Å²) in [6, 6.07) is 16.6. The summed E-state index contributed by atoms with van der Waals surface area (Å²) < 4.78 is 5.82. The quantitative estimate of drug-likeness (QED) is 0.883. The van der Waals surface area contributed by atoms with Gasteiger partial charge in [-0.3, -0.25) is 0 Å². The Morgan fingerprint density at radius 1 is 1.00 bits per heavy atom. The van der Waals surface area contributed by atoms with Gasteiger partial charge in [-0.2, -0.15) is 0 Å². The summed E-state index contributed by atoms with van der Waals surface area (Å²) in [5.41, 5.74) is 9.22. The largest absolute Gasteiger partial charge is 0.493 e. The van der Waals surface area contributed by atoms with Gasteiger partial charge in [0.05, 0.1) is 6.61 Å². The van der Waals surface area contributed by atoms with Crippen LogP contribution in [-0.4, -0.2) is 6.61 Å². The van der Waals surface area contributed by atoms with Crippen LogP contribution in [-0.2, 0) is 6.54 Å². The lowest BCUT2D eigenvalue weighted by atomic mass is 10.0. The molecule has 0 bridgehead atoms. The maximum atomic E-state index is 5.82. The Bertz CT molecular complexity index is 561. The van der Waals surface area contributed by atoms with Gasteiger partial charge in [-0.1, -0.05) is 30.3 Å². The third-order valence-electron chi connectivity index (χ3n) is 3.51. The Balaban J connectivity index is 1.80. The zero-order valence-corrected chi connectivity index (χ0v) is 11.0. The van der Waals surface area contributed by atoms with Crippen molar-refractivity contribution >= 4 is 0 Å². The molecule has 0 aliphatic heterocycles. The lowest BCUT2D eigenvalue weighted by Crippen LogP contribution is -1.99. The van der Waals surface area contributed by atoms with Gasteiger partial charge in [0, 0.05) is 6.54 Å². The molecule has 2 N–H and O–H groups in total. The monoisotopic (exact) mass is 253 g/mol. The van der Waals surface area contributed by atoms with Crippen molar-refractivity contribution in [2.45, 2.75) is 19.4 Å². The molecule has 0 aromatic heterocycles. The van der Waals surface area contributed by atoms with Crippen molar-refractivity contribution in [2.75, 3.05) is 6.61 Å². The molecule has 19 heavy (non-hydrogen) atoms. The Hall–Kier alpha value is -1.80. The number of ether oxygens (including phenoxy) is 1. The summed E-state index contributed by atoms with van der Waals surface area (Å²) in [4.78, 5) is 0. The molecule has 0 radical (unpaired) electrons. The Labute approximate surface area is 114 Å². The summed E-state index contributed by atoms with van der Waals surface area (Å²) in [7, 11) is 0. The van der Waals surface area contributed by atoms with Gasteiger partial charge in [0.1, 0.15) is 5.75 Å². The molecule has 1 saturated carbocycles. The Morgan fingerprint density at radius 3 is 2.47 bits per heavy atom. The van der Waals surface area contributed by atoms with Crippen LogP contribution in [0.4, 0.5) is 0 Å². The van der Waals surface area contributed by atoms with Crippen LogP contribution in [0.5, 0.6) is 5.75 Å². The highest BCUT2D eigenvalue weighted by Crippen LogP contribution is 2.30. The molecule has 0 heterocycles. The average Bonchev–Trinajstić information content (AvgIpc) is 3.30. The molecule has 2 aromatic rings. The molecule has 0 amide bonds. The van der Waals surface area contributed by atoms with Crippen molar-refractivity contribution in [3.05, 3.63) is 54.1 Å². The van der Waals surface area contributed by atoms with Crippen molar-refractivity contribution < 1.29 is 4.74 Å². The first-order valence-electron chi connectivity index (χ1n) is 6.87. The van der Waals surface area contributed by atoms with Gasteiger partial charge >= 0.3 is 0 Å². The van der Waals surface area contributed by atoms with E-state index < -0.39 is 0 Å². The van der Waals surface area contributed by atoms with Gasteiger partial charge in [-0.05, 0) is 53.6 Å². The number of hydrogen-bond donors (Lipinski definition) is 1. The van der Waals surface area contributed by atoms with Crippen molar-refractivity contribution in [1.82, 2.24) is 0 Å². The van der Waals surface area contributed by atoms with E-state index in [9.17, 15) is 0 Å². The molecule has 2 heteroatoms. The van der Waals surface area contributed by atoms with Gasteiger partial charge in [0.2, 0.25) is 0 Å². The van der Waals surface area contributed by atoms with E-state index >= 15 is 0 Å². The first kappa shape index (κ1) is 12.2. The maximum Gasteiger partial charge on any atom is 0.119 e. The van der Waals surface area contributed by atoms with Crippen LogP contribution < -0.4 is 10.5 Å². The zero-order chi connectivity index (χ0) is 13.1. The van der Waals surface area contributed by atoms with Crippen molar-refractivity contribution in [2.24, 2.45) is 11.7 Å². The fourth-order valence-corrected chi connectivity index (χ4v) is 2.14. The van der Waals surface area contributed by atoms with E-state index in [1.807, 2.05) is 12.1 Å². The fourth-order valence-electron chi connectivity index (χ4n) is 2.14. The highest BCUT2D eigenvalue weighted by atomic mass is 16.5. The molecule has 0 saturated heterocycles. The van der Waals surface area contributed by atoms with E-state index in [2.05, 4.69) is 36.4 Å². The normalized spacial score (nSPS) is 14.4. The van der Waals surface area contributed by atoms with Crippen LogP contribution in [0, 0.1) is 5.92 Å². The zero-order valence-electron chi connectivity index (χ0n) is 11.0. The van der Waals surface area contributed by atoms with Crippen LogP contribution >= 0.6 is 0 Å². The first-order valence-corrected chi connectivity index (χ1v) is 6.87. The molecule has 3 rings (SSSR count). The predicted molar refractivity (Wildman–Crippen MR) is 78.0 cm³/mol. The first-order chi connectivity index (χ1) is 9.35. The second-order valence-corrected chi connectivity index (χ2v) is 5.19. The summed E-state index contributed by atoms with van der Waals surface area (Å²) in [6.45, 7) is 1.43. The summed E-state index contributed by atoms with van der Waals surface area (Å²) in [5, 5.41) is 0. The Morgan fingerprint density at radius 2 is 1.74 bits per heavy atom. The Kier molecular flexibility index (Phi) is 3.51. The molecule has 1 fully saturated rings. The second-order valence-electron chi connectivity index (χ2n) is 5.19. The van der Waals surface area contributed by atoms with E-state index in [-0.39, 0.29) is 0 Å². The molecule has 2 nitrogen and oxygen atoms in total. The van der Waals surface area contributed by atoms with Crippen LogP contribution in [0.15, 0.2) is 48.5 Å². The number of rotatable bonds is 5. The standard InChI is InChI=1S/C17H19NO/c18-11-14-3-1-4-15(9-14)16-5-2-6-17(10-16)19-12-13-7-8-13/h1-6,9-10,13H,7-8,11-12,18H2. The smallest absolute Gasteiger partial charge is 0.119 e. The fraction of sp³-hybridized carbons (Fsp3) is 0.294. The van der Waals surface area contributed by atoms with E-state index in [1.54, 1.807) is 0 Å². The molecule has 98 valence electrons. The highest BCUT2D eigenvalue weighted by Gasteiger charge is 2.21. The van der Waals surface area contributed by atoms with Crippen molar-refractivity contribution in [1.29, 1.82) is 0 Å². The highest BCUT2D eigenvalue weighted by molar-refractivity contribution is 5.65. The molecule has 2 aromatic carbocycles. The van der Waals surface area contributed by atoms with Crippen LogP contribution in [0.2, 0.25) is 0 Å². The van der Waals surface area contributed by atoms with Gasteiger partial charge < -0.3 is 10.5 Å². The SMILES string of the molecule is NCc1cccc(-c2cccc(OCC3CC3)c2)c1. The molecule has 0 spiro atoms. The minimum absolute atomic E-state index is 0.575. The molecular formula is C17H19NO. The maximum absolute atomic E-state index is 5.82. The molecule has 0 unspecified atom stereocenters. The summed E-state index contributed by atoms with van der Waals surface area (Å²) in [5.74, 6) is 1.74. The lowest BCUT2D eigenvalue weighted by molar-refractivity contribution is 0.300. The van der Waals surface area contributed by atoms with Crippen molar-refractivity contribution in [3.63, 3.8) is 0 Å². The van der Waals surface area contributed by atoms with Crippen molar-refractivity contribution in [3.8, 4) is 16.9 Å². The van der Waals surface area contributed by atoms with E-state index in [1.165, 1.54) is 24.0 Å². The topological polar surface area (TPSA) is 35.2 Å². The molecule has 1 aliphatic carbocycles. The lowest BCUT2D eigenvalue weighted by Gasteiger charge is -2.08. The molecular weight excluding hydrogens is 234 g/mol. The minimum Gasteiger partial charge on any atom is -0.493 e. The van der Waals surface area contributed by atoms with Gasteiger partial charge in [0.25, 0.3) is 0 Å². The predicted octanol–water partition coefficient (Wildman–Crippen LogP) is 3.60. The van der Waals surface area contributed by atoms with Crippen LogP contribution in [0.1, 0.15) is 18.4 Å². The number of hydrogen-bond acceptors (Lipinski definition) is 2. The summed E-state index contributed by atoms with van der Waals surface area (Å²) in [6.07, 6.45) is 2.64. The van der Waals surface area contributed by atoms with Gasteiger partial charge in [-0.25, -0.2) is 0 Å². The van der Waals surface area contributed by atoms with E-state index in [4.69, 9.17) is 10.5 Å². The van der Waals surface area contributed by atoms with Gasteiger partial charge in [0.15, 0.2) is 0 Å². The summed E-state index contributed by atoms with van der Waals surface area (Å²) >= 11 is 0. The third kappa shape index (κ3) is 3.15. The van der Waals surface area contributed by atoms with E-state index in [0.717, 1.165) is 23.8 Å². The average molecular weight is 253 g/mol. The number of benzene rings is 2. The van der Waals surface area contributed by atoms with E-state index in [0.29, 0.717) is 6.54 Å². The van der Waals surface area contributed by atoms with Crippen LogP contribution in [0.3, 0.4) is 0 Å². The molecule has 1 aliphatic rings. The molecule has 0 atom stereocenters. The second kappa shape index (κ2) is 5.45. The van der Waals surface area contributed by atoms with Gasteiger partial charge in [-0.15, -0.1) is 0 Å². The third-order valence-corrected chi connectivity index (χ3v) is 3.51. The minimum atomic E-state index is 0.575. The number of nitrogens with two attached hydrogens (primary N) is 1.